The highest BCUT2D eigenvalue weighted by atomic mass is 79.9. The second kappa shape index (κ2) is 7.54. The number of aliphatic carboxylic acids is 1. The van der Waals surface area contributed by atoms with Crippen molar-refractivity contribution in [3.8, 4) is 0 Å². The minimum absolute atomic E-state index is 0.313. The summed E-state index contributed by atoms with van der Waals surface area (Å²) in [6.07, 6.45) is 0.707. The lowest BCUT2D eigenvalue weighted by atomic mass is 9.97. The van der Waals surface area contributed by atoms with Gasteiger partial charge in [-0.05, 0) is 24.0 Å². The predicted octanol–water partition coefficient (Wildman–Crippen LogP) is 3.29. The molecule has 4 heteroatoms. The van der Waals surface area contributed by atoms with Gasteiger partial charge in [-0.2, -0.15) is 0 Å². The molecule has 2 N–H and O–H groups in total. The molecule has 0 saturated heterocycles. The van der Waals surface area contributed by atoms with Crippen molar-refractivity contribution in [2.24, 2.45) is 11.8 Å². The van der Waals surface area contributed by atoms with Crippen LogP contribution in [0.15, 0.2) is 28.7 Å². The fourth-order valence-electron chi connectivity index (χ4n) is 1.86. The third kappa shape index (κ3) is 5.19. The molecule has 0 bridgehead atoms. The molecule has 0 aliphatic rings. The van der Waals surface area contributed by atoms with E-state index in [4.69, 9.17) is 5.11 Å². The summed E-state index contributed by atoms with van der Waals surface area (Å²) in [7, 11) is 0. The Kier molecular flexibility index (Phi) is 6.36. The van der Waals surface area contributed by atoms with E-state index in [1.165, 1.54) is 0 Å². The van der Waals surface area contributed by atoms with E-state index in [0.29, 0.717) is 25.4 Å². The lowest BCUT2D eigenvalue weighted by Crippen LogP contribution is -2.29. The normalized spacial score (nSPS) is 12.7. The molecule has 0 radical (unpaired) electrons. The fraction of sp³-hybridized carbons (Fsp3) is 0.500. The van der Waals surface area contributed by atoms with Crippen molar-refractivity contribution in [1.82, 2.24) is 5.32 Å². The van der Waals surface area contributed by atoms with Gasteiger partial charge in [0.15, 0.2) is 0 Å². The zero-order chi connectivity index (χ0) is 13.5. The Morgan fingerprint density at radius 3 is 2.61 bits per heavy atom. The van der Waals surface area contributed by atoms with Crippen LogP contribution in [-0.4, -0.2) is 17.6 Å². The van der Waals surface area contributed by atoms with Crippen molar-refractivity contribution in [1.29, 1.82) is 0 Å². The van der Waals surface area contributed by atoms with Crippen molar-refractivity contribution in [3.05, 3.63) is 34.3 Å². The van der Waals surface area contributed by atoms with Crippen LogP contribution in [0.25, 0.3) is 0 Å². The van der Waals surface area contributed by atoms with E-state index in [0.717, 1.165) is 10.0 Å². The zero-order valence-electron chi connectivity index (χ0n) is 10.8. The van der Waals surface area contributed by atoms with Crippen LogP contribution in [0.2, 0.25) is 0 Å². The number of hydrogen-bond acceptors (Lipinski definition) is 2. The van der Waals surface area contributed by atoms with Gasteiger partial charge in [-0.25, -0.2) is 0 Å². The first-order valence-electron chi connectivity index (χ1n) is 6.17. The Morgan fingerprint density at radius 1 is 1.39 bits per heavy atom. The molecule has 1 atom stereocenters. The zero-order valence-corrected chi connectivity index (χ0v) is 12.4. The van der Waals surface area contributed by atoms with Gasteiger partial charge in [0, 0.05) is 17.6 Å². The molecule has 1 aromatic carbocycles. The number of carboxylic acid groups (broad SMARTS) is 1. The Morgan fingerprint density at radius 2 is 2.06 bits per heavy atom. The van der Waals surface area contributed by atoms with Gasteiger partial charge in [0.25, 0.3) is 0 Å². The van der Waals surface area contributed by atoms with E-state index in [1.807, 2.05) is 38.1 Å². The summed E-state index contributed by atoms with van der Waals surface area (Å²) in [5.41, 5.74) is 1.14. The van der Waals surface area contributed by atoms with E-state index in [1.54, 1.807) is 0 Å². The van der Waals surface area contributed by atoms with Gasteiger partial charge >= 0.3 is 5.97 Å². The van der Waals surface area contributed by atoms with Gasteiger partial charge in [0.05, 0.1) is 5.92 Å². The number of nitrogens with one attached hydrogen (secondary N) is 1. The number of carboxylic acids is 1. The molecule has 0 saturated carbocycles. The Bertz CT molecular complexity index is 393. The molecule has 0 heterocycles. The molecule has 0 fully saturated rings. The molecule has 0 aliphatic carbocycles. The highest BCUT2D eigenvalue weighted by Gasteiger charge is 2.18. The van der Waals surface area contributed by atoms with Crippen molar-refractivity contribution in [2.45, 2.75) is 26.8 Å². The summed E-state index contributed by atoms with van der Waals surface area (Å²) < 4.78 is 1.05. The summed E-state index contributed by atoms with van der Waals surface area (Å²) >= 11 is 3.48. The lowest BCUT2D eigenvalue weighted by Gasteiger charge is -2.15. The number of carbonyl (C=O) groups is 1. The number of halogens is 1. The van der Waals surface area contributed by atoms with Crippen molar-refractivity contribution in [2.75, 3.05) is 6.54 Å². The second-order valence-corrected chi connectivity index (χ2v) is 5.74. The average Bonchev–Trinajstić information content (AvgIpc) is 2.29. The minimum Gasteiger partial charge on any atom is -0.481 e. The van der Waals surface area contributed by atoms with Crippen molar-refractivity contribution < 1.29 is 9.90 Å². The maximum absolute atomic E-state index is 11.1. The summed E-state index contributed by atoms with van der Waals surface area (Å²) in [5, 5.41) is 12.3. The van der Waals surface area contributed by atoms with Gasteiger partial charge in [0.1, 0.15) is 0 Å². The van der Waals surface area contributed by atoms with Crippen molar-refractivity contribution >= 4 is 21.9 Å². The molecule has 0 aliphatic heterocycles. The minimum atomic E-state index is -0.719. The molecule has 1 unspecified atom stereocenters. The topological polar surface area (TPSA) is 49.3 Å². The summed E-state index contributed by atoms with van der Waals surface area (Å²) in [5.74, 6) is -0.632. The van der Waals surface area contributed by atoms with Crippen LogP contribution in [0.1, 0.15) is 25.8 Å². The third-order valence-electron chi connectivity index (χ3n) is 2.77. The van der Waals surface area contributed by atoms with Gasteiger partial charge < -0.3 is 10.4 Å². The fourth-order valence-corrected chi connectivity index (χ4v) is 2.29. The van der Waals surface area contributed by atoms with Gasteiger partial charge in [-0.3, -0.25) is 4.79 Å². The number of benzene rings is 1. The average molecular weight is 314 g/mol. The summed E-state index contributed by atoms with van der Waals surface area (Å²) in [4.78, 5) is 11.1. The van der Waals surface area contributed by atoms with E-state index in [2.05, 4.69) is 21.2 Å². The molecular weight excluding hydrogens is 294 g/mol. The molecular formula is C14H20BrNO2. The highest BCUT2D eigenvalue weighted by Crippen LogP contribution is 2.16. The quantitative estimate of drug-likeness (QED) is 0.812. The SMILES string of the molecule is CC(C)CC(CNCc1ccccc1Br)C(=O)O. The Hall–Kier alpha value is -0.870. The van der Waals surface area contributed by atoms with Crippen molar-refractivity contribution in [3.63, 3.8) is 0 Å². The summed E-state index contributed by atoms with van der Waals surface area (Å²) in [6.45, 7) is 5.28. The van der Waals surface area contributed by atoms with Crippen LogP contribution in [0.5, 0.6) is 0 Å². The lowest BCUT2D eigenvalue weighted by molar-refractivity contribution is -0.142. The van der Waals surface area contributed by atoms with Crippen LogP contribution in [0.3, 0.4) is 0 Å². The maximum Gasteiger partial charge on any atom is 0.307 e. The largest absolute Gasteiger partial charge is 0.481 e. The van der Waals surface area contributed by atoms with Gasteiger partial charge in [-0.1, -0.05) is 48.0 Å². The number of rotatable bonds is 7. The van der Waals surface area contributed by atoms with Crippen LogP contribution < -0.4 is 5.32 Å². The highest BCUT2D eigenvalue weighted by molar-refractivity contribution is 9.10. The third-order valence-corrected chi connectivity index (χ3v) is 3.54. The first kappa shape index (κ1) is 15.2. The molecule has 3 nitrogen and oxygen atoms in total. The molecule has 0 aromatic heterocycles. The van der Waals surface area contributed by atoms with Gasteiger partial charge in [0.2, 0.25) is 0 Å². The van der Waals surface area contributed by atoms with Crippen LogP contribution in [0.4, 0.5) is 0 Å². The van der Waals surface area contributed by atoms with Crippen LogP contribution >= 0.6 is 15.9 Å². The molecule has 0 amide bonds. The van der Waals surface area contributed by atoms with Crippen LogP contribution in [0, 0.1) is 11.8 Å². The first-order valence-corrected chi connectivity index (χ1v) is 6.97. The second-order valence-electron chi connectivity index (χ2n) is 4.89. The maximum atomic E-state index is 11.1. The standard InChI is InChI=1S/C14H20BrNO2/c1-10(2)7-12(14(17)18)9-16-8-11-5-3-4-6-13(11)15/h3-6,10,12,16H,7-9H2,1-2H3,(H,17,18). The predicted molar refractivity (Wildman–Crippen MR) is 76.4 cm³/mol. The van der Waals surface area contributed by atoms with E-state index in [9.17, 15) is 4.79 Å². The Balaban J connectivity index is 2.44. The molecule has 100 valence electrons. The van der Waals surface area contributed by atoms with E-state index < -0.39 is 5.97 Å². The van der Waals surface area contributed by atoms with E-state index in [-0.39, 0.29) is 5.92 Å². The molecule has 0 spiro atoms. The molecule has 1 rings (SSSR count). The molecule has 1 aromatic rings. The van der Waals surface area contributed by atoms with Gasteiger partial charge in [-0.15, -0.1) is 0 Å². The summed E-state index contributed by atoms with van der Waals surface area (Å²) in [6, 6.07) is 7.95. The number of hydrogen-bond donors (Lipinski definition) is 2. The van der Waals surface area contributed by atoms with E-state index >= 15 is 0 Å². The first-order chi connectivity index (χ1) is 8.50. The molecule has 18 heavy (non-hydrogen) atoms. The van der Waals surface area contributed by atoms with Crippen LogP contribution in [-0.2, 0) is 11.3 Å². The Labute approximate surface area is 117 Å². The smallest absolute Gasteiger partial charge is 0.307 e. The monoisotopic (exact) mass is 313 g/mol.